The van der Waals surface area contributed by atoms with Gasteiger partial charge in [-0.1, -0.05) is 37.1 Å². The molecule has 0 nitrogen and oxygen atoms in total. The summed E-state index contributed by atoms with van der Waals surface area (Å²) >= 11 is 0. The van der Waals surface area contributed by atoms with E-state index >= 15 is 0 Å². The van der Waals surface area contributed by atoms with Crippen LogP contribution in [0.2, 0.25) is 0 Å². The second-order valence-corrected chi connectivity index (χ2v) is 8.09. The van der Waals surface area contributed by atoms with Gasteiger partial charge in [0.2, 0.25) is 0 Å². The molecule has 0 atom stereocenters. The van der Waals surface area contributed by atoms with Crippen molar-refractivity contribution in [3.05, 3.63) is 45.5 Å². The molecule has 0 spiro atoms. The molecule has 2 aliphatic rings. The normalized spacial score (nSPS) is 23.3. The molecule has 0 radical (unpaired) electrons. The average Bonchev–Trinajstić information content (AvgIpc) is 2.79. The molecule has 0 N–H and O–H groups in total. The molecule has 0 amide bonds. The van der Waals surface area contributed by atoms with Gasteiger partial charge in [-0.25, -0.2) is 0 Å². The third-order valence-electron chi connectivity index (χ3n) is 6.47. The largest absolute Gasteiger partial charge is 0.0738 e. The van der Waals surface area contributed by atoms with E-state index in [1.165, 1.54) is 36.8 Å². The molecule has 0 unspecified atom stereocenters. The number of rotatable bonds is 1. The lowest BCUT2D eigenvalue weighted by molar-refractivity contribution is 0.0895. The first-order valence-electron chi connectivity index (χ1n) is 7.98. The highest BCUT2D eigenvalue weighted by molar-refractivity contribution is 5.43. The summed E-state index contributed by atoms with van der Waals surface area (Å²) in [6.45, 7) is 14.2. The van der Waals surface area contributed by atoms with Crippen LogP contribution in [0.5, 0.6) is 0 Å². The quantitative estimate of drug-likeness (QED) is 0.586. The summed E-state index contributed by atoms with van der Waals surface area (Å²) in [5.41, 5.74) is 10.3. The SMILES string of the molecule is CC1=C(C)CC(C)(C2(C)Cc3cc(C)c(C)cc3C2)C1. The van der Waals surface area contributed by atoms with Crippen LogP contribution in [0.1, 0.15) is 62.8 Å². The third kappa shape index (κ3) is 1.88. The molecule has 2 aliphatic carbocycles. The van der Waals surface area contributed by atoms with Gasteiger partial charge in [-0.05, 0) is 86.5 Å². The Labute approximate surface area is 124 Å². The number of aryl methyl sites for hydroxylation is 2. The lowest BCUT2D eigenvalue weighted by atomic mass is 9.61. The van der Waals surface area contributed by atoms with Gasteiger partial charge >= 0.3 is 0 Å². The van der Waals surface area contributed by atoms with E-state index in [2.05, 4.69) is 53.7 Å². The molecule has 0 saturated heterocycles. The molecule has 3 rings (SSSR count). The van der Waals surface area contributed by atoms with Gasteiger partial charge in [-0.3, -0.25) is 0 Å². The molecule has 0 heteroatoms. The molecule has 0 bridgehead atoms. The van der Waals surface area contributed by atoms with Crippen molar-refractivity contribution in [1.29, 1.82) is 0 Å². The summed E-state index contributed by atoms with van der Waals surface area (Å²) in [6.07, 6.45) is 5.11. The Bertz CT molecular complexity index is 556. The minimum atomic E-state index is 0.425. The minimum Gasteiger partial charge on any atom is -0.0738 e. The second-order valence-electron chi connectivity index (χ2n) is 8.09. The number of benzene rings is 1. The van der Waals surface area contributed by atoms with Gasteiger partial charge in [-0.2, -0.15) is 0 Å². The van der Waals surface area contributed by atoms with Crippen molar-refractivity contribution in [1.82, 2.24) is 0 Å². The molecule has 0 aromatic heterocycles. The maximum atomic E-state index is 2.53. The number of fused-ring (bicyclic) bond motifs is 1. The van der Waals surface area contributed by atoms with Crippen molar-refractivity contribution < 1.29 is 0 Å². The van der Waals surface area contributed by atoms with Crippen LogP contribution in [-0.4, -0.2) is 0 Å². The lowest BCUT2D eigenvalue weighted by Crippen LogP contribution is -2.37. The highest BCUT2D eigenvalue weighted by Crippen LogP contribution is 2.58. The molecule has 0 saturated carbocycles. The smallest absolute Gasteiger partial charge is 0.0185 e. The Balaban J connectivity index is 1.94. The fraction of sp³-hybridized carbons (Fsp3) is 0.600. The van der Waals surface area contributed by atoms with E-state index in [9.17, 15) is 0 Å². The fourth-order valence-electron chi connectivity index (χ4n) is 4.56. The Morgan fingerprint density at radius 1 is 0.650 bits per heavy atom. The number of hydrogen-bond acceptors (Lipinski definition) is 0. The zero-order chi connectivity index (χ0) is 14.7. The summed E-state index contributed by atoms with van der Waals surface area (Å²) in [5, 5.41) is 0. The standard InChI is InChI=1S/C20H28/c1-13-7-17-11-20(6,12-18(17)8-14(13)2)19(5)9-15(3)16(4)10-19/h7-8H,9-12H2,1-6H3. The summed E-state index contributed by atoms with van der Waals surface area (Å²) in [5.74, 6) is 0. The minimum absolute atomic E-state index is 0.425. The van der Waals surface area contributed by atoms with Gasteiger partial charge < -0.3 is 0 Å². The van der Waals surface area contributed by atoms with E-state index in [1.807, 2.05) is 0 Å². The molecule has 20 heavy (non-hydrogen) atoms. The summed E-state index contributed by atoms with van der Waals surface area (Å²) in [6, 6.07) is 4.89. The van der Waals surface area contributed by atoms with Crippen LogP contribution in [0, 0.1) is 24.7 Å². The average molecular weight is 268 g/mol. The predicted octanol–water partition coefficient (Wildman–Crippen LogP) is 5.54. The highest BCUT2D eigenvalue weighted by atomic mass is 14.5. The van der Waals surface area contributed by atoms with Crippen LogP contribution in [0.25, 0.3) is 0 Å². The Kier molecular flexibility index (Phi) is 2.94. The molecular formula is C20H28. The van der Waals surface area contributed by atoms with E-state index in [-0.39, 0.29) is 0 Å². The maximum absolute atomic E-state index is 2.53. The molecule has 0 fully saturated rings. The van der Waals surface area contributed by atoms with Crippen LogP contribution in [0.3, 0.4) is 0 Å². The first kappa shape index (κ1) is 13.9. The van der Waals surface area contributed by atoms with Gasteiger partial charge in [0.05, 0.1) is 0 Å². The van der Waals surface area contributed by atoms with Gasteiger partial charge in [0.25, 0.3) is 0 Å². The van der Waals surface area contributed by atoms with E-state index in [4.69, 9.17) is 0 Å². The van der Waals surface area contributed by atoms with Crippen LogP contribution in [0.4, 0.5) is 0 Å². The monoisotopic (exact) mass is 268 g/mol. The summed E-state index contributed by atoms with van der Waals surface area (Å²) in [7, 11) is 0. The molecule has 1 aromatic rings. The summed E-state index contributed by atoms with van der Waals surface area (Å²) < 4.78 is 0. The fourth-order valence-corrected chi connectivity index (χ4v) is 4.56. The van der Waals surface area contributed by atoms with Crippen LogP contribution < -0.4 is 0 Å². The van der Waals surface area contributed by atoms with E-state index in [0.717, 1.165) is 0 Å². The third-order valence-corrected chi connectivity index (χ3v) is 6.47. The van der Waals surface area contributed by atoms with Crippen LogP contribution >= 0.6 is 0 Å². The maximum Gasteiger partial charge on any atom is -0.0185 e. The van der Waals surface area contributed by atoms with Gasteiger partial charge in [0.1, 0.15) is 0 Å². The first-order chi connectivity index (χ1) is 9.24. The zero-order valence-corrected chi connectivity index (χ0v) is 14.0. The van der Waals surface area contributed by atoms with E-state index < -0.39 is 0 Å². The van der Waals surface area contributed by atoms with E-state index in [0.29, 0.717) is 10.8 Å². The van der Waals surface area contributed by atoms with Crippen molar-refractivity contribution in [3.63, 3.8) is 0 Å². The van der Waals surface area contributed by atoms with Crippen molar-refractivity contribution >= 4 is 0 Å². The summed E-state index contributed by atoms with van der Waals surface area (Å²) in [4.78, 5) is 0. The zero-order valence-electron chi connectivity index (χ0n) is 14.0. The predicted molar refractivity (Wildman–Crippen MR) is 87.1 cm³/mol. The Hall–Kier alpha value is -1.04. The molecule has 0 heterocycles. The van der Waals surface area contributed by atoms with Crippen LogP contribution in [-0.2, 0) is 12.8 Å². The Morgan fingerprint density at radius 3 is 1.40 bits per heavy atom. The molecule has 108 valence electrons. The topological polar surface area (TPSA) is 0 Å². The van der Waals surface area contributed by atoms with Gasteiger partial charge in [0, 0.05) is 0 Å². The van der Waals surface area contributed by atoms with Crippen molar-refractivity contribution in [3.8, 4) is 0 Å². The van der Waals surface area contributed by atoms with Crippen molar-refractivity contribution in [2.45, 2.75) is 67.2 Å². The van der Waals surface area contributed by atoms with E-state index in [1.54, 1.807) is 22.3 Å². The van der Waals surface area contributed by atoms with Crippen molar-refractivity contribution in [2.75, 3.05) is 0 Å². The van der Waals surface area contributed by atoms with Crippen molar-refractivity contribution in [2.24, 2.45) is 10.8 Å². The second kappa shape index (κ2) is 4.23. The lowest BCUT2D eigenvalue weighted by Gasteiger charge is -2.42. The number of hydrogen-bond donors (Lipinski definition) is 0. The number of allylic oxidation sites excluding steroid dienone is 2. The first-order valence-corrected chi connectivity index (χ1v) is 7.98. The Morgan fingerprint density at radius 2 is 1.00 bits per heavy atom. The highest BCUT2D eigenvalue weighted by Gasteiger charge is 2.49. The van der Waals surface area contributed by atoms with Gasteiger partial charge in [-0.15, -0.1) is 0 Å². The molecule has 0 aliphatic heterocycles. The molecule has 1 aromatic carbocycles. The molecular weight excluding hydrogens is 240 g/mol. The van der Waals surface area contributed by atoms with Crippen LogP contribution in [0.15, 0.2) is 23.3 Å². The van der Waals surface area contributed by atoms with Gasteiger partial charge in [0.15, 0.2) is 0 Å².